The van der Waals surface area contributed by atoms with Gasteiger partial charge in [-0.3, -0.25) is 9.78 Å². The summed E-state index contributed by atoms with van der Waals surface area (Å²) in [5.74, 6) is -0.0405. The molecule has 0 unspecified atom stereocenters. The molecule has 0 aliphatic heterocycles. The van der Waals surface area contributed by atoms with Crippen LogP contribution in [-0.2, 0) is 0 Å². The number of nitriles is 1. The van der Waals surface area contributed by atoms with E-state index in [1.807, 2.05) is 18.0 Å². The number of hydrogen-bond donors (Lipinski definition) is 0. The van der Waals surface area contributed by atoms with Crippen LogP contribution in [0, 0.1) is 11.3 Å². The van der Waals surface area contributed by atoms with Crippen molar-refractivity contribution < 1.29 is 4.79 Å². The number of nitrogens with zero attached hydrogens (tertiary/aromatic N) is 3. The number of carbonyl (C=O) groups is 1. The Bertz CT molecular complexity index is 378. The van der Waals surface area contributed by atoms with Crippen molar-refractivity contribution in [1.82, 2.24) is 4.98 Å². The highest BCUT2D eigenvalue weighted by molar-refractivity contribution is 5.92. The van der Waals surface area contributed by atoms with E-state index in [0.29, 0.717) is 18.7 Å². The number of carbonyl (C=O) groups excluding carboxylic acids is 1. The first-order chi connectivity index (χ1) is 7.15. The van der Waals surface area contributed by atoms with E-state index >= 15 is 0 Å². The fourth-order valence-electron chi connectivity index (χ4n) is 1.17. The fourth-order valence-corrected chi connectivity index (χ4v) is 1.17. The Morgan fingerprint density at radius 2 is 2.33 bits per heavy atom. The van der Waals surface area contributed by atoms with Gasteiger partial charge in [0, 0.05) is 20.5 Å². The molecular formula is C11H13N3O. The second kappa shape index (κ2) is 5.11. The third-order valence-corrected chi connectivity index (χ3v) is 2.11. The summed E-state index contributed by atoms with van der Waals surface area (Å²) in [5.41, 5.74) is 1.38. The minimum absolute atomic E-state index is 0.0405. The summed E-state index contributed by atoms with van der Waals surface area (Å²) < 4.78 is 0. The van der Waals surface area contributed by atoms with E-state index in [2.05, 4.69) is 11.1 Å². The van der Waals surface area contributed by atoms with Crippen LogP contribution < -0.4 is 4.90 Å². The SMILES string of the molecule is CC(=O)c1ccc(N(C)CCC#N)cn1. The highest BCUT2D eigenvalue weighted by Gasteiger charge is 2.03. The molecule has 0 aliphatic carbocycles. The minimum atomic E-state index is -0.0405. The monoisotopic (exact) mass is 203 g/mol. The molecule has 0 amide bonds. The van der Waals surface area contributed by atoms with Crippen LogP contribution >= 0.6 is 0 Å². The Hall–Kier alpha value is -1.89. The van der Waals surface area contributed by atoms with Gasteiger partial charge in [-0.25, -0.2) is 0 Å². The molecule has 0 radical (unpaired) electrons. The lowest BCUT2D eigenvalue weighted by atomic mass is 10.2. The molecule has 0 aliphatic rings. The van der Waals surface area contributed by atoms with Gasteiger partial charge in [0.05, 0.1) is 24.4 Å². The summed E-state index contributed by atoms with van der Waals surface area (Å²) in [6.07, 6.45) is 2.12. The zero-order valence-corrected chi connectivity index (χ0v) is 8.90. The van der Waals surface area contributed by atoms with Gasteiger partial charge in [-0.15, -0.1) is 0 Å². The van der Waals surface area contributed by atoms with Crippen molar-refractivity contribution in [3.63, 3.8) is 0 Å². The van der Waals surface area contributed by atoms with Crippen LogP contribution in [0.1, 0.15) is 23.8 Å². The summed E-state index contributed by atoms with van der Waals surface area (Å²) >= 11 is 0. The summed E-state index contributed by atoms with van der Waals surface area (Å²) in [7, 11) is 1.89. The second-order valence-corrected chi connectivity index (χ2v) is 3.29. The third kappa shape index (κ3) is 3.06. The molecular weight excluding hydrogens is 190 g/mol. The average molecular weight is 203 g/mol. The second-order valence-electron chi connectivity index (χ2n) is 3.29. The van der Waals surface area contributed by atoms with Gasteiger partial charge in [-0.05, 0) is 12.1 Å². The highest BCUT2D eigenvalue weighted by atomic mass is 16.1. The normalized spacial score (nSPS) is 9.40. The number of Topliss-reactive ketones (excluding diaryl/α,β-unsaturated/α-hetero) is 1. The standard InChI is InChI=1S/C11H13N3O/c1-9(15)11-5-4-10(8-13-11)14(2)7-3-6-12/h4-5,8H,3,7H2,1-2H3. The zero-order valence-electron chi connectivity index (χ0n) is 8.90. The largest absolute Gasteiger partial charge is 0.372 e. The summed E-state index contributed by atoms with van der Waals surface area (Å²) in [5, 5.41) is 8.44. The lowest BCUT2D eigenvalue weighted by Gasteiger charge is -2.16. The smallest absolute Gasteiger partial charge is 0.178 e. The molecule has 0 aromatic carbocycles. The number of hydrogen-bond acceptors (Lipinski definition) is 4. The molecule has 1 aromatic rings. The van der Waals surface area contributed by atoms with E-state index in [0.717, 1.165) is 5.69 Å². The van der Waals surface area contributed by atoms with Gasteiger partial charge in [0.2, 0.25) is 0 Å². The van der Waals surface area contributed by atoms with Gasteiger partial charge in [0.1, 0.15) is 5.69 Å². The van der Waals surface area contributed by atoms with Gasteiger partial charge < -0.3 is 4.90 Å². The van der Waals surface area contributed by atoms with E-state index < -0.39 is 0 Å². The minimum Gasteiger partial charge on any atom is -0.372 e. The molecule has 0 N–H and O–H groups in total. The van der Waals surface area contributed by atoms with Crippen molar-refractivity contribution >= 4 is 11.5 Å². The van der Waals surface area contributed by atoms with Gasteiger partial charge in [-0.2, -0.15) is 5.26 Å². The van der Waals surface area contributed by atoms with E-state index in [9.17, 15) is 4.79 Å². The first kappa shape index (κ1) is 11.2. The first-order valence-electron chi connectivity index (χ1n) is 4.70. The van der Waals surface area contributed by atoms with Gasteiger partial charge in [0.15, 0.2) is 5.78 Å². The van der Waals surface area contributed by atoms with Crippen molar-refractivity contribution in [1.29, 1.82) is 5.26 Å². The molecule has 1 aromatic heterocycles. The maximum absolute atomic E-state index is 11.0. The first-order valence-corrected chi connectivity index (χ1v) is 4.70. The predicted octanol–water partition coefficient (Wildman–Crippen LogP) is 1.63. The summed E-state index contributed by atoms with van der Waals surface area (Å²) in [4.78, 5) is 16.9. The fraction of sp³-hybridized carbons (Fsp3) is 0.364. The molecule has 0 spiro atoms. The van der Waals surface area contributed by atoms with Crippen LogP contribution in [0.4, 0.5) is 5.69 Å². The van der Waals surface area contributed by atoms with Crippen molar-refractivity contribution in [2.45, 2.75) is 13.3 Å². The summed E-state index contributed by atoms with van der Waals surface area (Å²) in [6.45, 7) is 2.15. The Kier molecular flexibility index (Phi) is 3.81. The van der Waals surface area contributed by atoms with E-state index in [1.54, 1.807) is 12.3 Å². The summed E-state index contributed by atoms with van der Waals surface area (Å²) in [6, 6.07) is 5.61. The number of rotatable bonds is 4. The van der Waals surface area contributed by atoms with Crippen LogP contribution in [0.3, 0.4) is 0 Å². The zero-order chi connectivity index (χ0) is 11.3. The number of pyridine rings is 1. The van der Waals surface area contributed by atoms with Crippen LogP contribution in [-0.4, -0.2) is 24.4 Å². The van der Waals surface area contributed by atoms with Gasteiger partial charge >= 0.3 is 0 Å². The van der Waals surface area contributed by atoms with Crippen LogP contribution in [0.5, 0.6) is 0 Å². The molecule has 15 heavy (non-hydrogen) atoms. The molecule has 0 fully saturated rings. The lowest BCUT2D eigenvalue weighted by molar-refractivity contribution is 0.101. The Morgan fingerprint density at radius 3 is 2.80 bits per heavy atom. The number of aromatic nitrogens is 1. The molecule has 0 bridgehead atoms. The average Bonchev–Trinajstić information content (AvgIpc) is 2.26. The van der Waals surface area contributed by atoms with Crippen LogP contribution in [0.2, 0.25) is 0 Å². The van der Waals surface area contributed by atoms with Crippen LogP contribution in [0.15, 0.2) is 18.3 Å². The maximum atomic E-state index is 11.0. The van der Waals surface area contributed by atoms with Crippen molar-refractivity contribution in [3.8, 4) is 6.07 Å². The highest BCUT2D eigenvalue weighted by Crippen LogP contribution is 2.11. The molecule has 0 saturated heterocycles. The van der Waals surface area contributed by atoms with Crippen molar-refractivity contribution in [2.24, 2.45) is 0 Å². The van der Waals surface area contributed by atoms with E-state index in [-0.39, 0.29) is 5.78 Å². The molecule has 4 nitrogen and oxygen atoms in total. The Balaban J connectivity index is 2.71. The number of anilines is 1. The van der Waals surface area contributed by atoms with Crippen molar-refractivity contribution in [2.75, 3.05) is 18.5 Å². The molecule has 1 heterocycles. The lowest BCUT2D eigenvalue weighted by Crippen LogP contribution is -2.18. The molecule has 1 rings (SSSR count). The Morgan fingerprint density at radius 1 is 1.60 bits per heavy atom. The van der Waals surface area contributed by atoms with Crippen molar-refractivity contribution in [3.05, 3.63) is 24.0 Å². The Labute approximate surface area is 89.2 Å². The van der Waals surface area contributed by atoms with Gasteiger partial charge in [0.25, 0.3) is 0 Å². The maximum Gasteiger partial charge on any atom is 0.178 e. The van der Waals surface area contributed by atoms with E-state index in [1.165, 1.54) is 6.92 Å². The predicted molar refractivity (Wildman–Crippen MR) is 57.7 cm³/mol. The molecule has 4 heteroatoms. The van der Waals surface area contributed by atoms with Crippen LogP contribution in [0.25, 0.3) is 0 Å². The topological polar surface area (TPSA) is 57.0 Å². The molecule has 0 saturated carbocycles. The van der Waals surface area contributed by atoms with Gasteiger partial charge in [-0.1, -0.05) is 0 Å². The number of ketones is 1. The molecule has 0 atom stereocenters. The van der Waals surface area contributed by atoms with E-state index in [4.69, 9.17) is 5.26 Å². The molecule has 78 valence electrons. The third-order valence-electron chi connectivity index (χ3n) is 2.11. The quantitative estimate of drug-likeness (QED) is 0.698.